The predicted octanol–water partition coefficient (Wildman–Crippen LogP) is 10.6. The molecule has 6 aromatic carbocycles. The Morgan fingerprint density at radius 1 is 0.410 bits per heavy atom. The lowest BCUT2D eigenvalue weighted by Gasteiger charge is -2.26. The molecule has 0 spiro atoms. The fourth-order valence-corrected chi connectivity index (χ4v) is 5.67. The van der Waals surface area contributed by atoms with Crippen LogP contribution in [-0.2, 0) is 0 Å². The topological polar surface area (TPSA) is 29.5 Å². The number of benzene rings is 6. The Bertz CT molecular complexity index is 2100. The number of fused-ring (bicyclic) bond motifs is 6. The van der Waals surface area contributed by atoms with Gasteiger partial charge in [0.05, 0.1) is 5.39 Å². The highest BCUT2D eigenvalue weighted by Gasteiger charge is 2.25. The van der Waals surface area contributed by atoms with Crippen LogP contribution in [0.15, 0.2) is 148 Å². The molecular weight excluding hydrogens is 478 g/mol. The average molecular weight is 502 g/mol. The molecule has 39 heavy (non-hydrogen) atoms. The fourth-order valence-electron chi connectivity index (χ4n) is 5.67. The molecule has 0 aliphatic carbocycles. The van der Waals surface area contributed by atoms with E-state index in [-0.39, 0.29) is 0 Å². The Labute approximate surface area is 225 Å². The lowest BCUT2D eigenvalue weighted by molar-refractivity contribution is 0.664. The maximum Gasteiger partial charge on any atom is 0.160 e. The van der Waals surface area contributed by atoms with Crippen molar-refractivity contribution in [2.75, 3.05) is 4.90 Å². The van der Waals surface area contributed by atoms with Crippen molar-refractivity contribution in [1.29, 1.82) is 0 Å². The van der Waals surface area contributed by atoms with E-state index in [1.807, 2.05) is 36.4 Å². The monoisotopic (exact) mass is 501 g/mol. The van der Waals surface area contributed by atoms with E-state index in [0.717, 1.165) is 60.9 Å². The highest BCUT2D eigenvalue weighted by Crippen LogP contribution is 2.49. The Balaban J connectivity index is 1.48. The molecule has 0 bridgehead atoms. The molecule has 184 valence electrons. The zero-order valence-corrected chi connectivity index (χ0v) is 21.0. The molecular formula is C36H23NO2. The van der Waals surface area contributed by atoms with Crippen molar-refractivity contribution in [3.05, 3.63) is 140 Å². The van der Waals surface area contributed by atoms with Gasteiger partial charge in [-0.3, -0.25) is 0 Å². The summed E-state index contributed by atoms with van der Waals surface area (Å²) >= 11 is 0. The Hall–Kier alpha value is -5.28. The van der Waals surface area contributed by atoms with E-state index < -0.39 is 0 Å². The average Bonchev–Trinajstić information content (AvgIpc) is 3.57. The molecule has 0 atom stereocenters. The van der Waals surface area contributed by atoms with E-state index in [4.69, 9.17) is 8.83 Å². The molecule has 2 aromatic heterocycles. The summed E-state index contributed by atoms with van der Waals surface area (Å²) in [5.74, 6) is 0. The van der Waals surface area contributed by atoms with Gasteiger partial charge in [-0.25, -0.2) is 0 Å². The van der Waals surface area contributed by atoms with E-state index in [1.165, 1.54) is 11.1 Å². The van der Waals surface area contributed by atoms with Crippen molar-refractivity contribution in [3.8, 4) is 11.1 Å². The van der Waals surface area contributed by atoms with Crippen molar-refractivity contribution in [1.82, 2.24) is 0 Å². The molecule has 2 heterocycles. The van der Waals surface area contributed by atoms with E-state index >= 15 is 0 Å². The van der Waals surface area contributed by atoms with E-state index in [2.05, 4.69) is 108 Å². The first-order chi connectivity index (χ1) is 19.3. The first-order valence-corrected chi connectivity index (χ1v) is 13.1. The molecule has 3 heteroatoms. The predicted molar refractivity (Wildman–Crippen MR) is 161 cm³/mol. The van der Waals surface area contributed by atoms with Crippen LogP contribution in [0.1, 0.15) is 0 Å². The van der Waals surface area contributed by atoms with Gasteiger partial charge in [-0.1, -0.05) is 97.1 Å². The number of para-hydroxylation sites is 3. The van der Waals surface area contributed by atoms with Crippen LogP contribution < -0.4 is 4.90 Å². The Morgan fingerprint density at radius 2 is 0.974 bits per heavy atom. The molecule has 8 rings (SSSR count). The lowest BCUT2D eigenvalue weighted by Crippen LogP contribution is -2.10. The van der Waals surface area contributed by atoms with E-state index in [1.54, 1.807) is 0 Å². The standard InChI is InChI=1S/C36H23NO2/c1-3-11-24(12-4-1)25-19-21-27(22-20-25)37(26-13-5-2-6-14-26)35-34-29-16-8-10-18-32(29)38-33(34)23-30-28-15-7-9-17-31(28)39-36(30)35/h1-23H. The molecule has 3 nitrogen and oxygen atoms in total. The van der Waals surface area contributed by atoms with Crippen molar-refractivity contribution in [2.45, 2.75) is 0 Å². The van der Waals surface area contributed by atoms with Crippen LogP contribution in [0.2, 0.25) is 0 Å². The summed E-state index contributed by atoms with van der Waals surface area (Å²) in [5, 5.41) is 4.21. The van der Waals surface area contributed by atoms with Crippen LogP contribution in [0.5, 0.6) is 0 Å². The fraction of sp³-hybridized carbons (Fsp3) is 0. The molecule has 0 aliphatic rings. The van der Waals surface area contributed by atoms with Crippen LogP contribution >= 0.6 is 0 Å². The number of furan rings is 2. The van der Waals surface area contributed by atoms with Gasteiger partial charge >= 0.3 is 0 Å². The van der Waals surface area contributed by atoms with Crippen molar-refractivity contribution in [2.24, 2.45) is 0 Å². The molecule has 0 unspecified atom stereocenters. The van der Waals surface area contributed by atoms with Gasteiger partial charge in [0.1, 0.15) is 22.4 Å². The third kappa shape index (κ3) is 3.44. The molecule has 0 fully saturated rings. The summed E-state index contributed by atoms with van der Waals surface area (Å²) in [6, 6.07) is 48.2. The van der Waals surface area contributed by atoms with Gasteiger partial charge in [-0.15, -0.1) is 0 Å². The summed E-state index contributed by atoms with van der Waals surface area (Å²) in [6.07, 6.45) is 0. The minimum Gasteiger partial charge on any atom is -0.456 e. The normalized spacial score (nSPS) is 11.6. The smallest absolute Gasteiger partial charge is 0.160 e. The zero-order valence-electron chi connectivity index (χ0n) is 21.0. The van der Waals surface area contributed by atoms with Crippen molar-refractivity contribution >= 4 is 60.9 Å². The van der Waals surface area contributed by atoms with Gasteiger partial charge in [0.2, 0.25) is 0 Å². The number of hydrogen-bond acceptors (Lipinski definition) is 3. The molecule has 8 aromatic rings. The Morgan fingerprint density at radius 3 is 1.72 bits per heavy atom. The summed E-state index contributed by atoms with van der Waals surface area (Å²) in [5.41, 5.74) is 8.83. The maximum atomic E-state index is 6.64. The van der Waals surface area contributed by atoms with Gasteiger partial charge < -0.3 is 13.7 Å². The highest BCUT2D eigenvalue weighted by atomic mass is 16.3. The first-order valence-electron chi connectivity index (χ1n) is 13.1. The summed E-state index contributed by atoms with van der Waals surface area (Å²) < 4.78 is 13.1. The molecule has 0 saturated heterocycles. The second-order valence-corrected chi connectivity index (χ2v) is 9.76. The lowest BCUT2D eigenvalue weighted by atomic mass is 10.0. The highest BCUT2D eigenvalue weighted by molar-refractivity contribution is 6.24. The van der Waals surface area contributed by atoms with Crippen LogP contribution in [0, 0.1) is 0 Å². The van der Waals surface area contributed by atoms with Crippen LogP contribution in [0.3, 0.4) is 0 Å². The van der Waals surface area contributed by atoms with Gasteiger partial charge in [0.25, 0.3) is 0 Å². The SMILES string of the molecule is c1ccc(-c2ccc(N(c3ccccc3)c3c4oc5ccccc5c4cc4oc5ccccc5c34)cc2)cc1. The second-order valence-electron chi connectivity index (χ2n) is 9.76. The number of rotatable bonds is 4. The molecule has 0 aliphatic heterocycles. The van der Waals surface area contributed by atoms with Crippen LogP contribution in [0.25, 0.3) is 55.0 Å². The number of hydrogen-bond donors (Lipinski definition) is 0. The first kappa shape index (κ1) is 21.8. The summed E-state index contributed by atoms with van der Waals surface area (Å²) in [7, 11) is 0. The van der Waals surface area contributed by atoms with Gasteiger partial charge in [-0.2, -0.15) is 0 Å². The van der Waals surface area contributed by atoms with Gasteiger partial charge in [-0.05, 0) is 53.6 Å². The quantitative estimate of drug-likeness (QED) is 0.240. The summed E-state index contributed by atoms with van der Waals surface area (Å²) in [6.45, 7) is 0. The van der Waals surface area contributed by atoms with Gasteiger partial charge in [0, 0.05) is 27.5 Å². The van der Waals surface area contributed by atoms with Crippen LogP contribution in [-0.4, -0.2) is 0 Å². The third-order valence-electron chi connectivity index (χ3n) is 7.45. The number of anilines is 3. The van der Waals surface area contributed by atoms with Crippen molar-refractivity contribution < 1.29 is 8.83 Å². The Kier molecular flexibility index (Phi) is 4.82. The molecule has 0 saturated carbocycles. The zero-order chi connectivity index (χ0) is 25.8. The van der Waals surface area contributed by atoms with Crippen molar-refractivity contribution in [3.63, 3.8) is 0 Å². The maximum absolute atomic E-state index is 6.64. The second kappa shape index (κ2) is 8.64. The largest absolute Gasteiger partial charge is 0.456 e. The molecule has 0 amide bonds. The molecule has 0 N–H and O–H groups in total. The van der Waals surface area contributed by atoms with Crippen LogP contribution in [0.4, 0.5) is 17.1 Å². The summed E-state index contributed by atoms with van der Waals surface area (Å²) in [4.78, 5) is 2.30. The third-order valence-corrected chi connectivity index (χ3v) is 7.45. The molecule has 0 radical (unpaired) electrons. The minimum absolute atomic E-state index is 0.839. The van der Waals surface area contributed by atoms with Gasteiger partial charge in [0.15, 0.2) is 5.58 Å². The minimum atomic E-state index is 0.839. The van der Waals surface area contributed by atoms with E-state index in [9.17, 15) is 0 Å². The van der Waals surface area contributed by atoms with E-state index in [0.29, 0.717) is 0 Å². The number of nitrogens with zero attached hydrogens (tertiary/aromatic N) is 1.